The number of nitrogens with zero attached hydrogens (tertiary/aromatic N) is 2. The second-order valence-electron chi connectivity index (χ2n) is 9.14. The predicted molar refractivity (Wildman–Crippen MR) is 138 cm³/mol. The first-order valence-electron chi connectivity index (χ1n) is 12.2. The molecule has 2 aromatic carbocycles. The molecular weight excluding hydrogens is 495 g/mol. The largest absolute Gasteiger partial charge is 0.473 e. The minimum Gasteiger partial charge on any atom is -0.473 e. The average molecular weight is 527 g/mol. The van der Waals surface area contributed by atoms with E-state index in [1.807, 2.05) is 24.3 Å². The number of likely N-dealkylation sites (tertiary alicyclic amines) is 1. The zero-order valence-electron chi connectivity index (χ0n) is 21.0. The lowest BCUT2D eigenvalue weighted by molar-refractivity contribution is -0.159. The highest BCUT2D eigenvalue weighted by atomic mass is 19.1. The van der Waals surface area contributed by atoms with Crippen molar-refractivity contribution in [2.75, 3.05) is 26.2 Å². The molecule has 1 aliphatic rings. The topological polar surface area (TPSA) is 155 Å². The number of rotatable bonds is 7. The number of aliphatic carboxylic acids is 2. The molecule has 0 saturated carbocycles. The second-order valence-corrected chi connectivity index (χ2v) is 9.14. The van der Waals surface area contributed by atoms with Gasteiger partial charge in [-0.3, -0.25) is 9.59 Å². The van der Waals surface area contributed by atoms with Gasteiger partial charge in [-0.1, -0.05) is 18.2 Å². The number of halogens is 1. The summed E-state index contributed by atoms with van der Waals surface area (Å²) in [5.41, 5.74) is 9.03. The lowest BCUT2D eigenvalue weighted by Crippen LogP contribution is -2.36. The quantitative estimate of drug-likeness (QED) is 0.345. The maximum absolute atomic E-state index is 13.1. The van der Waals surface area contributed by atoms with E-state index in [0.29, 0.717) is 11.6 Å². The Labute approximate surface area is 218 Å². The summed E-state index contributed by atoms with van der Waals surface area (Å²) in [5.74, 6) is -4.71. The number of nitrogens with two attached hydrogens (primary N) is 1. The number of carbonyl (C=O) groups is 4. The fourth-order valence-electron chi connectivity index (χ4n) is 4.59. The number of primary amides is 1. The lowest BCUT2D eigenvalue weighted by atomic mass is 10.0. The lowest BCUT2D eigenvalue weighted by Gasteiger charge is -2.34. The van der Waals surface area contributed by atoms with Gasteiger partial charge in [-0.05, 0) is 67.5 Å². The standard InChI is InChI=1S/C25H29FN4O2.C2H2O4/c1-17-14-19-4-5-20(25(32)28-16-24(27)31)15-23(19)30(17)22-9-12-29(13-10-22)11-8-18-2-6-21(26)7-3-18;3-1(4)2(5)6/h2-7,14-15,22H,8-13,16H2,1H3,(H2,27,31)(H,28,32);(H,3,4)(H,5,6). The molecule has 0 bridgehead atoms. The van der Waals surface area contributed by atoms with Crippen LogP contribution in [0.4, 0.5) is 4.39 Å². The van der Waals surface area contributed by atoms with E-state index in [1.165, 1.54) is 17.8 Å². The molecule has 0 atom stereocenters. The highest BCUT2D eigenvalue weighted by Gasteiger charge is 2.23. The number of piperidine rings is 1. The van der Waals surface area contributed by atoms with Gasteiger partial charge in [-0.25, -0.2) is 14.0 Å². The summed E-state index contributed by atoms with van der Waals surface area (Å²) in [4.78, 5) is 44.0. The minimum atomic E-state index is -1.82. The summed E-state index contributed by atoms with van der Waals surface area (Å²) in [6.45, 7) is 4.91. The first-order chi connectivity index (χ1) is 18.0. The van der Waals surface area contributed by atoms with E-state index in [2.05, 4.69) is 27.8 Å². The molecule has 5 N–H and O–H groups in total. The predicted octanol–water partition coefficient (Wildman–Crippen LogP) is 2.34. The van der Waals surface area contributed by atoms with Gasteiger partial charge in [-0.2, -0.15) is 0 Å². The second kappa shape index (κ2) is 12.8. The van der Waals surface area contributed by atoms with Crippen molar-refractivity contribution in [2.24, 2.45) is 5.73 Å². The molecule has 3 aromatic rings. The number of amides is 2. The molecule has 1 aliphatic heterocycles. The van der Waals surface area contributed by atoms with E-state index in [1.54, 1.807) is 6.07 Å². The van der Waals surface area contributed by atoms with Crippen LogP contribution < -0.4 is 11.1 Å². The third kappa shape index (κ3) is 7.62. The van der Waals surface area contributed by atoms with Crippen molar-refractivity contribution in [3.63, 3.8) is 0 Å². The number of fused-ring (bicyclic) bond motifs is 1. The summed E-state index contributed by atoms with van der Waals surface area (Å²) in [7, 11) is 0. The van der Waals surface area contributed by atoms with E-state index >= 15 is 0 Å². The van der Waals surface area contributed by atoms with E-state index in [4.69, 9.17) is 25.5 Å². The molecule has 0 radical (unpaired) electrons. The van der Waals surface area contributed by atoms with Gasteiger partial charge in [0.1, 0.15) is 5.82 Å². The van der Waals surface area contributed by atoms with E-state index < -0.39 is 17.8 Å². The van der Waals surface area contributed by atoms with Gasteiger partial charge in [-0.15, -0.1) is 0 Å². The van der Waals surface area contributed by atoms with E-state index in [9.17, 15) is 14.0 Å². The van der Waals surface area contributed by atoms with Crippen molar-refractivity contribution in [3.05, 3.63) is 71.2 Å². The Morgan fingerprint density at radius 2 is 1.63 bits per heavy atom. The molecule has 1 fully saturated rings. The maximum Gasteiger partial charge on any atom is 0.414 e. The maximum atomic E-state index is 13.1. The molecule has 0 unspecified atom stereocenters. The van der Waals surface area contributed by atoms with Gasteiger partial charge < -0.3 is 30.7 Å². The average Bonchev–Trinajstić information content (AvgIpc) is 3.22. The normalized spacial score (nSPS) is 13.9. The Hall–Kier alpha value is -4.25. The van der Waals surface area contributed by atoms with Crippen LogP contribution in [0.15, 0.2) is 48.5 Å². The number of carboxylic acids is 2. The van der Waals surface area contributed by atoms with E-state index in [0.717, 1.165) is 55.4 Å². The number of carbonyl (C=O) groups excluding carboxylic acids is 2. The molecule has 11 heteroatoms. The number of aryl methyl sites for hydroxylation is 1. The smallest absolute Gasteiger partial charge is 0.414 e. The Morgan fingerprint density at radius 3 is 2.21 bits per heavy atom. The van der Waals surface area contributed by atoms with Crippen molar-refractivity contribution in [2.45, 2.75) is 32.2 Å². The van der Waals surface area contributed by atoms with Crippen LogP contribution in [-0.4, -0.2) is 69.6 Å². The van der Waals surface area contributed by atoms with Crippen LogP contribution in [0.3, 0.4) is 0 Å². The Kier molecular flexibility index (Phi) is 9.55. The van der Waals surface area contributed by atoms with Crippen molar-refractivity contribution < 1.29 is 33.8 Å². The summed E-state index contributed by atoms with van der Waals surface area (Å²) < 4.78 is 15.4. The molecular formula is C27H31FN4O6. The van der Waals surface area contributed by atoms with Crippen molar-refractivity contribution in [1.29, 1.82) is 0 Å². The van der Waals surface area contributed by atoms with Crippen LogP contribution in [0, 0.1) is 12.7 Å². The molecule has 1 saturated heterocycles. The van der Waals surface area contributed by atoms with Gasteiger partial charge in [0, 0.05) is 42.5 Å². The van der Waals surface area contributed by atoms with Crippen LogP contribution in [0.25, 0.3) is 10.9 Å². The SMILES string of the molecule is Cc1cc2ccc(C(=O)NCC(N)=O)cc2n1C1CCN(CCc2ccc(F)cc2)CC1.O=C(O)C(=O)O. The monoisotopic (exact) mass is 526 g/mol. The van der Waals surface area contributed by atoms with Gasteiger partial charge in [0.05, 0.1) is 6.54 Å². The fraction of sp³-hybridized carbons (Fsp3) is 0.333. The highest BCUT2D eigenvalue weighted by Crippen LogP contribution is 2.31. The zero-order valence-corrected chi connectivity index (χ0v) is 21.0. The number of benzene rings is 2. The number of aromatic nitrogens is 1. The molecule has 1 aromatic heterocycles. The van der Waals surface area contributed by atoms with Crippen molar-refractivity contribution >= 4 is 34.7 Å². The molecule has 10 nitrogen and oxygen atoms in total. The first-order valence-corrected chi connectivity index (χ1v) is 12.2. The Bertz CT molecular complexity index is 1300. The first kappa shape index (κ1) is 28.3. The highest BCUT2D eigenvalue weighted by molar-refractivity contribution is 6.27. The number of hydrogen-bond donors (Lipinski definition) is 4. The molecule has 4 rings (SSSR count). The molecule has 0 aliphatic carbocycles. The van der Waals surface area contributed by atoms with Crippen LogP contribution in [-0.2, 0) is 20.8 Å². The Morgan fingerprint density at radius 1 is 1.00 bits per heavy atom. The Balaban J connectivity index is 0.000000599. The fourth-order valence-corrected chi connectivity index (χ4v) is 4.59. The third-order valence-corrected chi connectivity index (χ3v) is 6.45. The van der Waals surface area contributed by atoms with E-state index in [-0.39, 0.29) is 18.3 Å². The molecule has 2 amide bonds. The molecule has 0 spiro atoms. The van der Waals surface area contributed by atoms with Gasteiger partial charge in [0.15, 0.2) is 0 Å². The summed E-state index contributed by atoms with van der Waals surface area (Å²) >= 11 is 0. The van der Waals surface area contributed by atoms with Crippen LogP contribution in [0.5, 0.6) is 0 Å². The summed E-state index contributed by atoms with van der Waals surface area (Å²) in [5, 5.41) is 18.4. The van der Waals surface area contributed by atoms with Crippen molar-refractivity contribution in [1.82, 2.24) is 14.8 Å². The summed E-state index contributed by atoms with van der Waals surface area (Å²) in [6, 6.07) is 14.9. The van der Waals surface area contributed by atoms with Crippen LogP contribution >= 0.6 is 0 Å². The van der Waals surface area contributed by atoms with Gasteiger partial charge >= 0.3 is 11.9 Å². The van der Waals surface area contributed by atoms with Crippen LogP contribution in [0.2, 0.25) is 0 Å². The molecule has 2 heterocycles. The number of carboxylic acid groups (broad SMARTS) is 2. The summed E-state index contributed by atoms with van der Waals surface area (Å²) in [6.07, 6.45) is 2.98. The number of nitrogens with one attached hydrogen (secondary N) is 1. The minimum absolute atomic E-state index is 0.173. The van der Waals surface area contributed by atoms with Crippen LogP contribution in [0.1, 0.15) is 40.5 Å². The van der Waals surface area contributed by atoms with Gasteiger partial charge in [0.2, 0.25) is 5.91 Å². The third-order valence-electron chi connectivity index (χ3n) is 6.45. The van der Waals surface area contributed by atoms with Crippen molar-refractivity contribution in [3.8, 4) is 0 Å². The number of hydrogen-bond acceptors (Lipinski definition) is 5. The molecule has 38 heavy (non-hydrogen) atoms. The molecule has 202 valence electrons. The van der Waals surface area contributed by atoms with Gasteiger partial charge in [0.25, 0.3) is 5.91 Å². The zero-order chi connectivity index (χ0) is 27.8.